The van der Waals surface area contributed by atoms with Gasteiger partial charge in [0.25, 0.3) is 0 Å². The minimum Gasteiger partial charge on any atom is -0.462 e. The summed E-state index contributed by atoms with van der Waals surface area (Å²) in [6.45, 7) is 9.61. The Hall–Kier alpha value is -1.94. The van der Waals surface area contributed by atoms with E-state index in [-0.39, 0.29) is 25.7 Å². The van der Waals surface area contributed by atoms with Crippen molar-refractivity contribution in [2.75, 3.05) is 39.6 Å². The number of aliphatic hydroxyl groups excluding tert-OH is 1. The fourth-order valence-corrected chi connectivity index (χ4v) is 13.0. The van der Waals surface area contributed by atoms with E-state index in [1.807, 2.05) is 0 Å². The summed E-state index contributed by atoms with van der Waals surface area (Å²) in [5.41, 5.74) is 0. The first-order valence-corrected chi connectivity index (χ1v) is 42.0. The Morgan fingerprint density at radius 1 is 0.309 bits per heavy atom. The lowest BCUT2D eigenvalue weighted by molar-refractivity contribution is -0.161. The third-order valence-corrected chi connectivity index (χ3v) is 19.7. The number of carbonyl (C=O) groups is 4. The van der Waals surface area contributed by atoms with Gasteiger partial charge >= 0.3 is 39.5 Å². The van der Waals surface area contributed by atoms with Crippen LogP contribution >= 0.6 is 15.6 Å². The Morgan fingerprint density at radius 3 is 0.809 bits per heavy atom. The number of unbranched alkanes of at least 4 members (excludes halogenated alkanes) is 43. The molecule has 0 amide bonds. The summed E-state index contributed by atoms with van der Waals surface area (Å²) in [4.78, 5) is 72.8. The number of hydrogen-bond donors (Lipinski definition) is 3. The average Bonchev–Trinajstić information content (AvgIpc) is 2.00. The largest absolute Gasteiger partial charge is 0.472 e. The summed E-state index contributed by atoms with van der Waals surface area (Å²) >= 11 is 0. The minimum absolute atomic E-state index is 0.105. The molecule has 0 aromatic carbocycles. The van der Waals surface area contributed by atoms with Crippen molar-refractivity contribution in [3.05, 3.63) is 0 Å². The zero-order valence-corrected chi connectivity index (χ0v) is 63.1. The average molecular weight is 1380 g/mol. The molecule has 0 saturated heterocycles. The second-order valence-electron chi connectivity index (χ2n) is 27.8. The lowest BCUT2D eigenvalue weighted by Crippen LogP contribution is -2.30. The topological polar surface area (TPSA) is 237 Å². The maximum absolute atomic E-state index is 13.1. The number of phosphoric acid groups is 2. The van der Waals surface area contributed by atoms with E-state index in [0.29, 0.717) is 25.7 Å². The second-order valence-corrected chi connectivity index (χ2v) is 30.7. The first-order chi connectivity index (χ1) is 45.4. The van der Waals surface area contributed by atoms with E-state index in [2.05, 4.69) is 41.5 Å². The maximum Gasteiger partial charge on any atom is 0.472 e. The van der Waals surface area contributed by atoms with Crippen molar-refractivity contribution >= 4 is 39.5 Å². The van der Waals surface area contributed by atoms with Crippen LogP contribution in [0.15, 0.2) is 0 Å². The molecule has 0 aromatic heterocycles. The van der Waals surface area contributed by atoms with Crippen LogP contribution in [0.25, 0.3) is 0 Å². The molecule has 17 nitrogen and oxygen atoms in total. The molecular formula is C75H146O17P2. The van der Waals surface area contributed by atoms with Gasteiger partial charge in [-0.2, -0.15) is 0 Å². The number of phosphoric ester groups is 2. The normalized spacial score (nSPS) is 14.3. The van der Waals surface area contributed by atoms with Gasteiger partial charge in [-0.3, -0.25) is 37.3 Å². The van der Waals surface area contributed by atoms with E-state index in [9.17, 15) is 43.2 Å². The summed E-state index contributed by atoms with van der Waals surface area (Å²) < 4.78 is 68.5. The van der Waals surface area contributed by atoms with Crippen LogP contribution in [0.1, 0.15) is 388 Å². The summed E-state index contributed by atoms with van der Waals surface area (Å²) in [5.74, 6) is -0.551. The standard InChI is InChI=1S/C75H146O17P2/c1-7-10-12-14-16-18-20-24-29-33-40-46-52-58-73(78)85-63-70(91-74(79)59-53-47-41-34-30-26-23-22-25-27-31-37-43-49-55-67(4)5)65-89-93(81,82)87-61-69(76)62-88-94(83,84)90-66-71(92-75(80)60-54-48-42-36-35-38-44-50-56-68(6)9-3)64-86-72(77)57-51-45-39-32-28-21-19-17-15-13-11-8-2/h67-71,76H,7-66H2,1-6H3,(H,81,82)(H,83,84)/t68?,69-,70-,71-/m1/s1. The number of aliphatic hydroxyl groups is 1. The molecule has 0 rings (SSSR count). The molecule has 19 heteroatoms. The maximum atomic E-state index is 13.1. The number of rotatable bonds is 74. The van der Waals surface area contributed by atoms with E-state index in [0.717, 1.165) is 102 Å². The molecule has 0 aliphatic heterocycles. The second kappa shape index (κ2) is 66.9. The third kappa shape index (κ3) is 67.3. The van der Waals surface area contributed by atoms with Gasteiger partial charge in [0.1, 0.15) is 19.3 Å². The van der Waals surface area contributed by atoms with E-state index in [1.165, 1.54) is 205 Å². The molecule has 0 heterocycles. The summed E-state index contributed by atoms with van der Waals surface area (Å²) in [7, 11) is -9.91. The highest BCUT2D eigenvalue weighted by atomic mass is 31.2. The van der Waals surface area contributed by atoms with Crippen LogP contribution < -0.4 is 0 Å². The predicted molar refractivity (Wildman–Crippen MR) is 381 cm³/mol. The fourth-order valence-electron chi connectivity index (χ4n) is 11.4. The van der Waals surface area contributed by atoms with E-state index in [4.69, 9.17) is 37.0 Å². The summed E-state index contributed by atoms with van der Waals surface area (Å²) in [5, 5.41) is 10.6. The molecule has 3 unspecified atom stereocenters. The van der Waals surface area contributed by atoms with Crippen LogP contribution in [-0.4, -0.2) is 96.7 Å². The van der Waals surface area contributed by atoms with Gasteiger partial charge in [-0.25, -0.2) is 9.13 Å². The molecule has 94 heavy (non-hydrogen) atoms. The highest BCUT2D eigenvalue weighted by molar-refractivity contribution is 7.47. The molecule has 0 aliphatic rings. The van der Waals surface area contributed by atoms with Crippen LogP contribution in [0.3, 0.4) is 0 Å². The molecule has 0 radical (unpaired) electrons. The lowest BCUT2D eigenvalue weighted by atomic mass is 9.99. The smallest absolute Gasteiger partial charge is 0.462 e. The molecular weight excluding hydrogens is 1230 g/mol. The minimum atomic E-state index is -4.96. The fraction of sp³-hybridized carbons (Fsp3) is 0.947. The number of carbonyl (C=O) groups excluding carboxylic acids is 4. The van der Waals surface area contributed by atoms with Gasteiger partial charge in [-0.1, -0.05) is 337 Å². The first kappa shape index (κ1) is 92.1. The molecule has 0 bridgehead atoms. The molecule has 6 atom stereocenters. The zero-order chi connectivity index (χ0) is 69.3. The van der Waals surface area contributed by atoms with Crippen LogP contribution in [0, 0.1) is 11.8 Å². The monoisotopic (exact) mass is 1380 g/mol. The molecule has 3 N–H and O–H groups in total. The van der Waals surface area contributed by atoms with E-state index in [1.54, 1.807) is 0 Å². The number of hydrogen-bond acceptors (Lipinski definition) is 15. The highest BCUT2D eigenvalue weighted by Crippen LogP contribution is 2.45. The lowest BCUT2D eigenvalue weighted by Gasteiger charge is -2.21. The van der Waals surface area contributed by atoms with Crippen LogP contribution in [-0.2, 0) is 65.4 Å². The van der Waals surface area contributed by atoms with Crippen molar-refractivity contribution < 1.29 is 80.2 Å². The Morgan fingerprint density at radius 2 is 0.543 bits per heavy atom. The third-order valence-electron chi connectivity index (χ3n) is 17.8. The van der Waals surface area contributed by atoms with Crippen molar-refractivity contribution in [3.8, 4) is 0 Å². The van der Waals surface area contributed by atoms with Crippen molar-refractivity contribution in [1.82, 2.24) is 0 Å². The summed E-state index contributed by atoms with van der Waals surface area (Å²) in [6.07, 6.45) is 53.9. The van der Waals surface area contributed by atoms with Crippen LogP contribution in [0.4, 0.5) is 0 Å². The molecule has 558 valence electrons. The van der Waals surface area contributed by atoms with Gasteiger partial charge in [-0.15, -0.1) is 0 Å². The molecule has 0 aliphatic carbocycles. The van der Waals surface area contributed by atoms with Gasteiger partial charge in [-0.05, 0) is 37.5 Å². The number of esters is 4. The molecule has 0 fully saturated rings. The first-order valence-electron chi connectivity index (χ1n) is 39.0. The van der Waals surface area contributed by atoms with E-state index >= 15 is 0 Å². The molecule has 0 aromatic rings. The van der Waals surface area contributed by atoms with Crippen molar-refractivity contribution in [2.45, 2.75) is 407 Å². The summed E-state index contributed by atoms with van der Waals surface area (Å²) in [6, 6.07) is 0. The predicted octanol–water partition coefficient (Wildman–Crippen LogP) is 21.9. The van der Waals surface area contributed by atoms with Crippen molar-refractivity contribution in [3.63, 3.8) is 0 Å². The Labute approximate surface area is 575 Å². The van der Waals surface area contributed by atoms with Crippen LogP contribution in [0.2, 0.25) is 0 Å². The van der Waals surface area contributed by atoms with Gasteiger partial charge in [0.15, 0.2) is 12.2 Å². The molecule has 0 spiro atoms. The SMILES string of the molecule is CCCCCCCCCCCCCCCC(=O)OC[C@H](COP(=O)(O)OC[C@@H](O)COP(=O)(O)OC[C@@H](COC(=O)CCCCCCCCCCCCCC)OC(=O)CCCCCCCCCCC(C)CC)OC(=O)CCCCCCCCCCCCCCCCC(C)C. The Balaban J connectivity index is 5.26. The van der Waals surface area contributed by atoms with Gasteiger partial charge in [0, 0.05) is 25.7 Å². The Bertz CT molecular complexity index is 1820. The zero-order valence-electron chi connectivity index (χ0n) is 61.3. The number of ether oxygens (including phenoxy) is 4. The highest BCUT2D eigenvalue weighted by Gasteiger charge is 2.30. The van der Waals surface area contributed by atoms with Gasteiger partial charge < -0.3 is 33.8 Å². The van der Waals surface area contributed by atoms with Gasteiger partial charge in [0.05, 0.1) is 26.4 Å². The Kier molecular flexibility index (Phi) is 65.5. The van der Waals surface area contributed by atoms with Crippen molar-refractivity contribution in [2.24, 2.45) is 11.8 Å². The van der Waals surface area contributed by atoms with E-state index < -0.39 is 97.5 Å². The van der Waals surface area contributed by atoms with Gasteiger partial charge in [0.2, 0.25) is 0 Å². The van der Waals surface area contributed by atoms with Crippen molar-refractivity contribution in [1.29, 1.82) is 0 Å². The molecule has 0 saturated carbocycles. The quantitative estimate of drug-likeness (QED) is 0.0222. The van der Waals surface area contributed by atoms with Crippen LogP contribution in [0.5, 0.6) is 0 Å².